The van der Waals surface area contributed by atoms with Crippen molar-refractivity contribution in [3.8, 4) is 0 Å². The predicted octanol–water partition coefficient (Wildman–Crippen LogP) is -2.84. The van der Waals surface area contributed by atoms with E-state index < -0.39 is 242 Å². The molecule has 2 aromatic heterocycles. The van der Waals surface area contributed by atoms with Gasteiger partial charge >= 0.3 is 142 Å². The molecule has 12 heterocycles. The SMILES string of the molecule is O=C1CC(C2CC(=O)OC2=O)C(=O)O1.O=C1CC(C2CC3C(=O)OC(=O)C3c3ccccc32)C(=O)O1.O=C1CC2C3CC(C(=O)OC3=O)C2C(=O)O1.O=C1OC(=O)C2C1C1C(=O)OC(=O)C21.O=C1OC(=O)C2CC3C(=O)OC(=O)C3CC12.O=c1oc(=O)c2cc3c(=O)oc(=O)c3cc12. The number of benzene rings is 2. The van der Waals surface area contributed by atoms with Crippen LogP contribution < -0.4 is 22.5 Å². The molecule has 10 aliphatic heterocycles. The standard InChI is InChI=1S/C16H12O6.2C10H8O6.C10H2O6.C8H4O6.C8H6O6/c17-12-6-10(14(18)21-12)9-5-11-13(16(20)22-15(11)19)8-4-2-1-3-7(8)9;11-6-2-3-4-1-5(7(3)10(14)15-6)9(13)16-8(4)12;2*11-7-3-1-4-6(10(14)16-8(4)12)2-5(3)9(13)15-7;9-5-1-2(6(10)13-5)4-3(1)7(11)14-8(4)12;9-5-1-3(7(11)13-5)4-2-6(10)14-8(4)12/h1-4,9-11,13H,5-6H2;3-5,7H,1-2H2;3-6H,1-2H2;1-2H;1-4H;3-4H,1-2H2. The Kier molecular flexibility index (Phi) is 15.9. The van der Waals surface area contributed by atoms with Gasteiger partial charge in [-0.1, -0.05) is 24.3 Å². The summed E-state index contributed by atoms with van der Waals surface area (Å²) in [5.74, 6) is -24.2. The molecule has 2 bridgehead atoms. The van der Waals surface area contributed by atoms with E-state index in [1.54, 1.807) is 12.1 Å². The van der Waals surface area contributed by atoms with Crippen molar-refractivity contribution in [1.29, 1.82) is 0 Å². The third-order valence-corrected chi connectivity index (χ3v) is 19.7. The van der Waals surface area contributed by atoms with E-state index in [9.17, 15) is 115 Å². The van der Waals surface area contributed by atoms with Crippen molar-refractivity contribution in [2.45, 2.75) is 63.2 Å². The highest BCUT2D eigenvalue weighted by Crippen LogP contribution is 2.56. The van der Waals surface area contributed by atoms with Gasteiger partial charge in [0.05, 0.1) is 142 Å². The van der Waals surface area contributed by atoms with Gasteiger partial charge in [0.25, 0.3) is 0 Å². The number of hydrogen-bond donors (Lipinski definition) is 0. The first kappa shape index (κ1) is 64.8. The first-order valence-corrected chi connectivity index (χ1v) is 29.8. The summed E-state index contributed by atoms with van der Waals surface area (Å²) in [7, 11) is 0. The zero-order chi connectivity index (χ0) is 70.1. The third kappa shape index (κ3) is 10.9. The summed E-state index contributed by atoms with van der Waals surface area (Å²) >= 11 is 0. The number of hydrogen-bond acceptors (Lipinski definition) is 36. The van der Waals surface area contributed by atoms with Crippen LogP contribution in [-0.4, -0.2) is 119 Å². The van der Waals surface area contributed by atoms with Gasteiger partial charge in [-0.3, -0.25) is 95.9 Å². The van der Waals surface area contributed by atoms with Crippen LogP contribution >= 0.6 is 0 Å². The summed E-state index contributed by atoms with van der Waals surface area (Å²) in [6, 6.07) is 9.50. The molecule has 2 aromatic carbocycles. The van der Waals surface area contributed by atoms with E-state index in [0.29, 0.717) is 18.4 Å². The molecule has 4 aromatic rings. The van der Waals surface area contributed by atoms with Crippen LogP contribution in [0.3, 0.4) is 0 Å². The molecular weight excluding hydrogens is 1320 g/mol. The number of furan rings is 2. The predicted molar refractivity (Wildman–Crippen MR) is 289 cm³/mol. The average molecular weight is 1360 g/mol. The van der Waals surface area contributed by atoms with Gasteiger partial charge in [0.2, 0.25) is 0 Å². The molecule has 0 radical (unpaired) electrons. The van der Waals surface area contributed by atoms with Crippen LogP contribution in [0, 0.1) is 94.7 Å². The van der Waals surface area contributed by atoms with Crippen LogP contribution in [0.4, 0.5) is 0 Å². The number of ether oxygens (including phenoxy) is 10. The van der Waals surface area contributed by atoms with Gasteiger partial charge in [-0.25, -0.2) is 19.2 Å². The number of fused-ring (bicyclic) bond motifs is 16. The minimum atomic E-state index is -0.846. The van der Waals surface area contributed by atoms with Crippen molar-refractivity contribution in [3.63, 3.8) is 0 Å². The summed E-state index contributed by atoms with van der Waals surface area (Å²) in [6.07, 6.45) is 0.722. The van der Waals surface area contributed by atoms with Gasteiger partial charge in [0.15, 0.2) is 0 Å². The van der Waals surface area contributed by atoms with Gasteiger partial charge in [-0.2, -0.15) is 0 Å². The third-order valence-electron chi connectivity index (χ3n) is 19.7. The second kappa shape index (κ2) is 24.1. The van der Waals surface area contributed by atoms with Crippen LogP contribution in [0.15, 0.2) is 64.4 Å². The van der Waals surface area contributed by atoms with E-state index in [4.69, 9.17) is 4.74 Å². The second-order valence-corrected chi connectivity index (χ2v) is 24.7. The lowest BCUT2D eigenvalue weighted by Crippen LogP contribution is -2.50. The zero-order valence-corrected chi connectivity index (χ0v) is 49.2. The van der Waals surface area contributed by atoms with Crippen molar-refractivity contribution in [2.75, 3.05) is 0 Å². The molecule has 504 valence electrons. The normalized spacial score (nSPS) is 33.8. The molecule has 0 spiro atoms. The fraction of sp³-hybridized carbons (Fsp3) is 0.419. The molecule has 4 aliphatic carbocycles. The van der Waals surface area contributed by atoms with E-state index in [2.05, 4.69) is 51.5 Å². The van der Waals surface area contributed by atoms with Gasteiger partial charge in [-0.05, 0) is 60.8 Å². The minimum absolute atomic E-state index is 0.0121. The van der Waals surface area contributed by atoms with Crippen molar-refractivity contribution < 1.29 is 152 Å². The summed E-state index contributed by atoms with van der Waals surface area (Å²) in [6.45, 7) is 0. The second-order valence-electron chi connectivity index (χ2n) is 24.7. The van der Waals surface area contributed by atoms with Crippen molar-refractivity contribution >= 4 is 141 Å². The molecular formula is C62H40O36. The molecule has 0 N–H and O–H groups in total. The molecule has 14 atom stereocenters. The quantitative estimate of drug-likeness (QED) is 0.111. The lowest BCUT2D eigenvalue weighted by Gasteiger charge is -2.33. The molecule has 3 saturated carbocycles. The summed E-state index contributed by atoms with van der Waals surface area (Å²) < 4.78 is 53.4. The van der Waals surface area contributed by atoms with Crippen LogP contribution in [0.5, 0.6) is 0 Å². The Balaban J connectivity index is 0.000000107. The van der Waals surface area contributed by atoms with E-state index in [-0.39, 0.29) is 66.0 Å². The van der Waals surface area contributed by atoms with Crippen LogP contribution in [0.25, 0.3) is 21.5 Å². The molecule has 18 rings (SSSR count). The average Bonchev–Trinajstić information content (AvgIpc) is 1.54. The maximum absolute atomic E-state index is 11.9. The maximum atomic E-state index is 11.9. The van der Waals surface area contributed by atoms with Crippen LogP contribution in [0.1, 0.15) is 74.3 Å². The topological polar surface area (TPSA) is 528 Å². The minimum Gasteiger partial charge on any atom is -0.393 e. The van der Waals surface area contributed by atoms with Gasteiger partial charge < -0.3 is 56.2 Å². The largest absolute Gasteiger partial charge is 0.393 e. The van der Waals surface area contributed by atoms with E-state index in [1.807, 2.05) is 12.1 Å². The number of rotatable bonds is 2. The van der Waals surface area contributed by atoms with E-state index in [0.717, 1.165) is 17.7 Å². The molecule has 10 saturated heterocycles. The Morgan fingerprint density at radius 3 is 0.898 bits per heavy atom. The Labute approximate surface area is 538 Å². The van der Waals surface area contributed by atoms with Crippen molar-refractivity contribution in [2.24, 2.45) is 94.7 Å². The smallest absolute Gasteiger partial charge is 0.346 e. The summed E-state index contributed by atoms with van der Waals surface area (Å²) in [5.41, 5.74) is -1.76. The van der Waals surface area contributed by atoms with Crippen LogP contribution in [-0.2, 0) is 143 Å². The summed E-state index contributed by atoms with van der Waals surface area (Å²) in [4.78, 5) is 270. The highest BCUT2D eigenvalue weighted by atomic mass is 16.6. The Morgan fingerprint density at radius 2 is 0.510 bits per heavy atom. The fourth-order valence-electron chi connectivity index (χ4n) is 15.2. The molecule has 98 heavy (non-hydrogen) atoms. The molecule has 14 unspecified atom stereocenters. The maximum Gasteiger partial charge on any atom is 0.346 e. The highest BCUT2D eigenvalue weighted by Gasteiger charge is 2.73. The first-order chi connectivity index (χ1) is 46.5. The van der Waals surface area contributed by atoms with Gasteiger partial charge in [0, 0.05) is 0 Å². The Bertz CT molecular complexity index is 4330. The van der Waals surface area contributed by atoms with Gasteiger partial charge in [-0.15, -0.1) is 0 Å². The summed E-state index contributed by atoms with van der Waals surface area (Å²) in [5, 5.41) is -0.0726. The Morgan fingerprint density at radius 1 is 0.235 bits per heavy atom. The molecule has 36 heteroatoms. The zero-order valence-electron chi connectivity index (χ0n) is 49.2. The molecule has 0 amide bonds. The van der Waals surface area contributed by atoms with Crippen molar-refractivity contribution in [1.82, 2.24) is 0 Å². The van der Waals surface area contributed by atoms with Gasteiger partial charge in [0.1, 0.15) is 0 Å². The number of carbonyl (C=O) groups excluding carboxylic acids is 20. The molecule has 14 aliphatic rings. The number of carbonyl (C=O) groups is 20. The number of esters is 20. The lowest BCUT2D eigenvalue weighted by atomic mass is 9.59. The van der Waals surface area contributed by atoms with Crippen molar-refractivity contribution in [3.05, 3.63) is 89.2 Å². The van der Waals surface area contributed by atoms with E-state index >= 15 is 0 Å². The van der Waals surface area contributed by atoms with Crippen LogP contribution in [0.2, 0.25) is 0 Å². The lowest BCUT2D eigenvalue weighted by molar-refractivity contribution is -0.174. The monoisotopic (exact) mass is 1360 g/mol. The Hall–Kier alpha value is -11.9. The van der Waals surface area contributed by atoms with E-state index in [1.165, 1.54) is 0 Å². The molecule has 13 fully saturated rings. The molecule has 36 nitrogen and oxygen atoms in total. The number of cyclic esters (lactones) is 20. The highest BCUT2D eigenvalue weighted by molar-refractivity contribution is 6.11. The first-order valence-electron chi connectivity index (χ1n) is 29.8. The fourth-order valence-corrected chi connectivity index (χ4v) is 15.2.